The quantitative estimate of drug-likeness (QED) is 0.596. The van der Waals surface area contributed by atoms with E-state index >= 15 is 0 Å². The Labute approximate surface area is 165 Å². The number of amides is 1. The Morgan fingerprint density at radius 1 is 1.11 bits per heavy atom. The number of benzene rings is 2. The number of guanidine groups is 1. The summed E-state index contributed by atoms with van der Waals surface area (Å²) >= 11 is 0. The van der Waals surface area contributed by atoms with Crippen LogP contribution in [0, 0.1) is 12.7 Å². The van der Waals surface area contributed by atoms with E-state index in [4.69, 9.17) is 0 Å². The number of hydrogen-bond acceptors (Lipinski definition) is 2. The number of nitrogens with one attached hydrogen (secondary N) is 2. The zero-order valence-corrected chi connectivity index (χ0v) is 16.5. The number of halogens is 1. The highest BCUT2D eigenvalue weighted by atomic mass is 19.1. The van der Waals surface area contributed by atoms with Crippen LogP contribution in [0.4, 0.5) is 4.39 Å². The third-order valence-electron chi connectivity index (χ3n) is 4.92. The normalized spacial score (nSPS) is 14.5. The van der Waals surface area contributed by atoms with Crippen molar-refractivity contribution in [1.29, 1.82) is 0 Å². The van der Waals surface area contributed by atoms with E-state index < -0.39 is 0 Å². The predicted octanol–water partition coefficient (Wildman–Crippen LogP) is 3.12. The smallest absolute Gasteiger partial charge is 0.222 e. The van der Waals surface area contributed by atoms with Gasteiger partial charge in [-0.2, -0.15) is 0 Å². The van der Waals surface area contributed by atoms with Crippen molar-refractivity contribution >= 4 is 11.9 Å². The van der Waals surface area contributed by atoms with Gasteiger partial charge < -0.3 is 15.5 Å². The highest BCUT2D eigenvalue weighted by molar-refractivity contribution is 5.79. The van der Waals surface area contributed by atoms with Gasteiger partial charge in [0, 0.05) is 39.6 Å². The number of hydrogen-bond donors (Lipinski definition) is 2. The van der Waals surface area contributed by atoms with Crippen LogP contribution in [0.5, 0.6) is 0 Å². The molecule has 1 saturated heterocycles. The molecule has 148 valence electrons. The molecule has 5 nitrogen and oxygen atoms in total. The Morgan fingerprint density at radius 3 is 2.46 bits per heavy atom. The molecule has 1 aliphatic heterocycles. The highest BCUT2D eigenvalue weighted by Gasteiger charge is 2.19. The Kier molecular flexibility index (Phi) is 6.63. The molecule has 1 amide bonds. The maximum Gasteiger partial charge on any atom is 0.222 e. The van der Waals surface area contributed by atoms with E-state index in [-0.39, 0.29) is 11.7 Å². The molecule has 3 rings (SSSR count). The fourth-order valence-corrected chi connectivity index (χ4v) is 3.27. The number of rotatable bonds is 6. The van der Waals surface area contributed by atoms with Gasteiger partial charge in [-0.25, -0.2) is 4.39 Å². The maximum atomic E-state index is 13.7. The summed E-state index contributed by atoms with van der Waals surface area (Å²) in [7, 11) is 1.71. The van der Waals surface area contributed by atoms with Gasteiger partial charge in [-0.1, -0.05) is 36.4 Å². The van der Waals surface area contributed by atoms with Crippen molar-refractivity contribution < 1.29 is 9.18 Å². The van der Waals surface area contributed by atoms with Crippen LogP contribution in [-0.2, 0) is 24.4 Å². The molecule has 2 aromatic carbocycles. The molecule has 0 unspecified atom stereocenters. The Morgan fingerprint density at radius 2 is 1.82 bits per heavy atom. The van der Waals surface area contributed by atoms with Crippen LogP contribution in [0.1, 0.15) is 35.1 Å². The molecule has 0 bridgehead atoms. The summed E-state index contributed by atoms with van der Waals surface area (Å²) in [6, 6.07) is 13.4. The fraction of sp³-hybridized carbons (Fsp3) is 0.364. The lowest BCUT2D eigenvalue weighted by Gasteiger charge is -2.16. The molecule has 0 radical (unpaired) electrons. The van der Waals surface area contributed by atoms with Gasteiger partial charge in [-0.05, 0) is 41.7 Å². The summed E-state index contributed by atoms with van der Waals surface area (Å²) in [4.78, 5) is 17.9. The Balaban J connectivity index is 1.52. The maximum absolute atomic E-state index is 13.7. The van der Waals surface area contributed by atoms with Gasteiger partial charge in [-0.3, -0.25) is 9.79 Å². The van der Waals surface area contributed by atoms with Crippen molar-refractivity contribution in [1.82, 2.24) is 15.5 Å². The number of carbonyl (C=O) groups excluding carboxylic acids is 1. The molecular formula is C22H27FN4O. The largest absolute Gasteiger partial charge is 0.352 e. The molecule has 0 aromatic heterocycles. The molecule has 1 aliphatic rings. The number of aliphatic imine (C=N–C) groups is 1. The Hall–Kier alpha value is -2.89. The fourth-order valence-electron chi connectivity index (χ4n) is 3.27. The second-order valence-corrected chi connectivity index (χ2v) is 7.10. The van der Waals surface area contributed by atoms with Crippen LogP contribution < -0.4 is 10.6 Å². The molecule has 2 aromatic rings. The highest BCUT2D eigenvalue weighted by Crippen LogP contribution is 2.15. The first-order valence-corrected chi connectivity index (χ1v) is 9.60. The molecule has 1 heterocycles. The molecule has 0 atom stereocenters. The van der Waals surface area contributed by atoms with E-state index in [9.17, 15) is 9.18 Å². The van der Waals surface area contributed by atoms with Crippen molar-refractivity contribution in [2.75, 3.05) is 13.6 Å². The van der Waals surface area contributed by atoms with Gasteiger partial charge in [0.1, 0.15) is 5.82 Å². The van der Waals surface area contributed by atoms with E-state index in [0.717, 1.165) is 29.7 Å². The standard InChI is InChI=1S/C22H27FN4O/c1-16-8-9-18(12-20(16)23)14-26-22(24-2)25-13-17-5-3-6-19(11-17)15-27-10-4-7-21(27)28/h3,5-6,8-9,11-12H,4,7,10,13-15H2,1-2H3,(H2,24,25,26). The molecule has 1 fully saturated rings. The molecule has 28 heavy (non-hydrogen) atoms. The van der Waals surface area contributed by atoms with Crippen LogP contribution in [-0.4, -0.2) is 30.4 Å². The first-order chi connectivity index (χ1) is 13.5. The summed E-state index contributed by atoms with van der Waals surface area (Å²) in [5.74, 6) is 0.692. The third kappa shape index (κ3) is 5.31. The van der Waals surface area contributed by atoms with Crippen molar-refractivity contribution in [2.24, 2.45) is 4.99 Å². The van der Waals surface area contributed by atoms with Crippen molar-refractivity contribution in [2.45, 2.75) is 39.4 Å². The second kappa shape index (κ2) is 9.35. The van der Waals surface area contributed by atoms with Gasteiger partial charge in [0.25, 0.3) is 0 Å². The molecule has 0 saturated carbocycles. The minimum absolute atomic E-state index is 0.199. The van der Waals surface area contributed by atoms with Gasteiger partial charge in [0.2, 0.25) is 5.91 Å². The first-order valence-electron chi connectivity index (χ1n) is 9.60. The van der Waals surface area contributed by atoms with Crippen molar-refractivity contribution in [3.63, 3.8) is 0 Å². The first kappa shape index (κ1) is 19.9. The predicted molar refractivity (Wildman–Crippen MR) is 109 cm³/mol. The number of likely N-dealkylation sites (tertiary alicyclic amines) is 1. The lowest BCUT2D eigenvalue weighted by atomic mass is 10.1. The van der Waals surface area contributed by atoms with Crippen molar-refractivity contribution in [3.05, 3.63) is 70.5 Å². The molecule has 2 N–H and O–H groups in total. The molecule has 0 spiro atoms. The van der Waals surface area contributed by atoms with Crippen LogP contribution in [0.3, 0.4) is 0 Å². The van der Waals surface area contributed by atoms with Crippen LogP contribution in [0.2, 0.25) is 0 Å². The van der Waals surface area contributed by atoms with E-state index in [1.807, 2.05) is 29.2 Å². The Bertz CT molecular complexity index is 865. The number of carbonyl (C=O) groups is 1. The van der Waals surface area contributed by atoms with Crippen molar-refractivity contribution in [3.8, 4) is 0 Å². The van der Waals surface area contributed by atoms with Crippen LogP contribution >= 0.6 is 0 Å². The van der Waals surface area contributed by atoms with E-state index in [1.165, 1.54) is 0 Å². The van der Waals surface area contributed by atoms with Crippen LogP contribution in [0.15, 0.2) is 47.5 Å². The van der Waals surface area contributed by atoms with Gasteiger partial charge in [0.05, 0.1) is 0 Å². The zero-order valence-electron chi connectivity index (χ0n) is 16.5. The second-order valence-electron chi connectivity index (χ2n) is 7.10. The zero-order chi connectivity index (χ0) is 19.9. The van der Waals surface area contributed by atoms with Gasteiger partial charge >= 0.3 is 0 Å². The van der Waals surface area contributed by atoms with Crippen LogP contribution in [0.25, 0.3) is 0 Å². The van der Waals surface area contributed by atoms with Gasteiger partial charge in [0.15, 0.2) is 5.96 Å². The number of aryl methyl sites for hydroxylation is 1. The monoisotopic (exact) mass is 382 g/mol. The minimum atomic E-state index is -0.199. The lowest BCUT2D eigenvalue weighted by Crippen LogP contribution is -2.36. The lowest BCUT2D eigenvalue weighted by molar-refractivity contribution is -0.128. The van der Waals surface area contributed by atoms with E-state index in [1.54, 1.807) is 26.1 Å². The third-order valence-corrected chi connectivity index (χ3v) is 4.92. The van der Waals surface area contributed by atoms with E-state index in [0.29, 0.717) is 37.6 Å². The summed E-state index contributed by atoms with van der Waals surface area (Å²) < 4.78 is 13.7. The number of nitrogens with zero attached hydrogens (tertiary/aromatic N) is 2. The average Bonchev–Trinajstić information content (AvgIpc) is 3.09. The molecular weight excluding hydrogens is 355 g/mol. The summed E-state index contributed by atoms with van der Waals surface area (Å²) in [6.07, 6.45) is 1.61. The summed E-state index contributed by atoms with van der Waals surface area (Å²) in [5.41, 5.74) is 3.76. The molecule has 0 aliphatic carbocycles. The summed E-state index contributed by atoms with van der Waals surface area (Å²) in [5, 5.41) is 6.48. The van der Waals surface area contributed by atoms with E-state index in [2.05, 4.69) is 21.7 Å². The van der Waals surface area contributed by atoms with Gasteiger partial charge in [-0.15, -0.1) is 0 Å². The summed E-state index contributed by atoms with van der Waals surface area (Å²) in [6.45, 7) is 4.37. The topological polar surface area (TPSA) is 56.7 Å². The molecule has 6 heteroatoms. The minimum Gasteiger partial charge on any atom is -0.352 e. The average molecular weight is 382 g/mol. The SMILES string of the molecule is CN=C(NCc1cccc(CN2CCCC2=O)c1)NCc1ccc(C)c(F)c1.